The summed E-state index contributed by atoms with van der Waals surface area (Å²) in [6, 6.07) is 0. The first-order valence-corrected chi connectivity index (χ1v) is 7.99. The Bertz CT molecular complexity index is 438. The smallest absolute Gasteiger partial charge is 0.263 e. The predicted molar refractivity (Wildman–Crippen MR) is 78.1 cm³/mol. The van der Waals surface area contributed by atoms with Gasteiger partial charge in [0.1, 0.15) is 4.88 Å². The molecule has 2 rings (SSSR count). The normalized spacial score (nSPS) is 18.6. The number of aryl methyl sites for hydroxylation is 1. The second-order valence-electron chi connectivity index (χ2n) is 4.99. The Morgan fingerprint density at radius 1 is 1.44 bits per heavy atom. The minimum absolute atomic E-state index is 0.0827. The number of carbonyl (C=O) groups is 1. The van der Waals surface area contributed by atoms with Crippen LogP contribution in [0.1, 0.15) is 47.3 Å². The third-order valence-electron chi connectivity index (χ3n) is 3.55. The minimum atomic E-state index is -0.238. The maximum atomic E-state index is 12.3. The molecule has 0 unspecified atom stereocenters. The second kappa shape index (κ2) is 5.81. The molecule has 1 amide bonds. The number of carbonyl (C=O) groups excluding carboxylic acids is 1. The van der Waals surface area contributed by atoms with E-state index >= 15 is 0 Å². The van der Waals surface area contributed by atoms with Crippen molar-refractivity contribution in [2.75, 3.05) is 5.88 Å². The molecular weight excluding hydrogens is 289 g/mol. The van der Waals surface area contributed by atoms with Crippen LogP contribution >= 0.6 is 34.5 Å². The highest BCUT2D eigenvalue weighted by Crippen LogP contribution is 2.32. The summed E-state index contributed by atoms with van der Waals surface area (Å²) in [6.45, 7) is 1.91. The number of hydrogen-bond donors (Lipinski definition) is 1. The molecule has 1 aromatic rings. The van der Waals surface area contributed by atoms with Crippen molar-refractivity contribution in [2.45, 2.75) is 44.6 Å². The van der Waals surface area contributed by atoms with Crippen LogP contribution < -0.4 is 5.32 Å². The van der Waals surface area contributed by atoms with Crippen LogP contribution in [0.5, 0.6) is 0 Å². The Kier molecular flexibility index (Phi) is 4.57. The first-order valence-electron chi connectivity index (χ1n) is 6.20. The molecule has 1 fully saturated rings. The van der Waals surface area contributed by atoms with E-state index in [9.17, 15) is 4.79 Å². The number of hydrogen-bond acceptors (Lipinski definition) is 2. The summed E-state index contributed by atoms with van der Waals surface area (Å²) in [5.74, 6) is 0.390. The lowest BCUT2D eigenvalue weighted by molar-refractivity contribution is 0.0889. The zero-order valence-corrected chi connectivity index (χ0v) is 12.7. The number of thiophene rings is 1. The van der Waals surface area contributed by atoms with Gasteiger partial charge in [0.2, 0.25) is 0 Å². The van der Waals surface area contributed by atoms with Crippen LogP contribution in [-0.4, -0.2) is 17.3 Å². The van der Waals surface area contributed by atoms with Crippen LogP contribution in [0.25, 0.3) is 0 Å². The van der Waals surface area contributed by atoms with E-state index in [1.165, 1.54) is 17.8 Å². The van der Waals surface area contributed by atoms with Gasteiger partial charge in [0.25, 0.3) is 5.91 Å². The molecule has 100 valence electrons. The zero-order chi connectivity index (χ0) is 13.2. The third-order valence-corrected chi connectivity index (χ3v) is 5.76. The van der Waals surface area contributed by atoms with E-state index in [-0.39, 0.29) is 11.4 Å². The van der Waals surface area contributed by atoms with Gasteiger partial charge in [-0.3, -0.25) is 4.79 Å². The largest absolute Gasteiger partial charge is 0.345 e. The molecule has 2 nitrogen and oxygen atoms in total. The molecule has 1 aliphatic rings. The van der Waals surface area contributed by atoms with Gasteiger partial charge >= 0.3 is 0 Å². The van der Waals surface area contributed by atoms with Crippen LogP contribution in [0.3, 0.4) is 0 Å². The Hall–Kier alpha value is -0.250. The molecule has 0 spiro atoms. The molecule has 0 radical (unpaired) electrons. The first-order chi connectivity index (χ1) is 8.58. The van der Waals surface area contributed by atoms with Crippen molar-refractivity contribution in [3.63, 3.8) is 0 Å². The fraction of sp³-hybridized carbons (Fsp3) is 0.615. The molecule has 0 aliphatic heterocycles. The van der Waals surface area contributed by atoms with Crippen molar-refractivity contribution in [1.82, 2.24) is 5.32 Å². The summed E-state index contributed by atoms with van der Waals surface area (Å²) < 4.78 is 0. The quantitative estimate of drug-likeness (QED) is 0.825. The summed E-state index contributed by atoms with van der Waals surface area (Å²) in [5.41, 5.74) is 0.716. The Labute approximate surface area is 122 Å². The molecule has 1 aromatic heterocycles. The number of rotatable bonds is 3. The van der Waals surface area contributed by atoms with Crippen LogP contribution in [0.15, 0.2) is 5.38 Å². The lowest BCUT2D eigenvalue weighted by Crippen LogP contribution is -2.51. The fourth-order valence-electron chi connectivity index (χ4n) is 2.40. The summed E-state index contributed by atoms with van der Waals surface area (Å²) in [5, 5.41) is 5.58. The standard InChI is InChI=1S/C13H17Cl2NOS/c1-9-7-18-11(10(9)15)12(17)16-13(8-14)5-3-2-4-6-13/h7H,2-6,8H2,1H3,(H,16,17). The van der Waals surface area contributed by atoms with Crippen LogP contribution in [0.2, 0.25) is 5.02 Å². The molecular formula is C13H17Cl2NOS. The van der Waals surface area contributed by atoms with E-state index in [4.69, 9.17) is 23.2 Å². The predicted octanol–water partition coefficient (Wildman–Crippen LogP) is 4.38. The van der Waals surface area contributed by atoms with Crippen LogP contribution in [0, 0.1) is 6.92 Å². The van der Waals surface area contributed by atoms with Gasteiger partial charge < -0.3 is 5.32 Å². The highest BCUT2D eigenvalue weighted by atomic mass is 35.5. The number of nitrogens with one attached hydrogen (secondary N) is 1. The van der Waals surface area contributed by atoms with Crippen LogP contribution in [-0.2, 0) is 0 Å². The molecule has 0 bridgehead atoms. The van der Waals surface area contributed by atoms with E-state index < -0.39 is 0 Å². The van der Waals surface area contributed by atoms with E-state index in [1.807, 2.05) is 12.3 Å². The SMILES string of the molecule is Cc1csc(C(=O)NC2(CCl)CCCCC2)c1Cl. The summed E-state index contributed by atoms with van der Waals surface area (Å²) in [4.78, 5) is 12.9. The van der Waals surface area contributed by atoms with Crippen molar-refractivity contribution in [1.29, 1.82) is 0 Å². The van der Waals surface area contributed by atoms with E-state index in [0.717, 1.165) is 31.2 Å². The van der Waals surface area contributed by atoms with E-state index in [2.05, 4.69) is 5.32 Å². The summed E-state index contributed by atoms with van der Waals surface area (Å²) >= 11 is 13.6. The molecule has 0 saturated heterocycles. The van der Waals surface area contributed by atoms with Crippen molar-refractivity contribution >= 4 is 40.4 Å². The molecule has 0 atom stereocenters. The van der Waals surface area contributed by atoms with Gasteiger partial charge in [0.05, 0.1) is 10.6 Å². The van der Waals surface area contributed by atoms with Gasteiger partial charge in [-0.05, 0) is 30.7 Å². The number of amides is 1. The second-order valence-corrected chi connectivity index (χ2v) is 6.52. The number of halogens is 2. The highest BCUT2D eigenvalue weighted by Gasteiger charge is 2.33. The third kappa shape index (κ3) is 2.84. The van der Waals surface area contributed by atoms with E-state index in [1.54, 1.807) is 0 Å². The average Bonchev–Trinajstić information content (AvgIpc) is 2.71. The van der Waals surface area contributed by atoms with Gasteiger partial charge in [-0.1, -0.05) is 30.9 Å². The Morgan fingerprint density at radius 2 is 2.11 bits per heavy atom. The molecule has 1 aliphatic carbocycles. The van der Waals surface area contributed by atoms with Crippen molar-refractivity contribution < 1.29 is 4.79 Å². The Balaban J connectivity index is 2.12. The maximum Gasteiger partial charge on any atom is 0.263 e. The molecule has 18 heavy (non-hydrogen) atoms. The molecule has 0 aromatic carbocycles. The maximum absolute atomic E-state index is 12.3. The van der Waals surface area contributed by atoms with Gasteiger partial charge in [0, 0.05) is 5.88 Å². The molecule has 1 saturated carbocycles. The molecule has 1 heterocycles. The van der Waals surface area contributed by atoms with Gasteiger partial charge in [-0.2, -0.15) is 0 Å². The Morgan fingerprint density at radius 3 is 2.61 bits per heavy atom. The van der Waals surface area contributed by atoms with Crippen LogP contribution in [0.4, 0.5) is 0 Å². The fourth-order valence-corrected chi connectivity index (χ4v) is 3.91. The molecule has 5 heteroatoms. The molecule has 1 N–H and O–H groups in total. The summed E-state index contributed by atoms with van der Waals surface area (Å²) in [7, 11) is 0. The lowest BCUT2D eigenvalue weighted by atomic mass is 9.83. The van der Waals surface area contributed by atoms with Gasteiger partial charge in [-0.25, -0.2) is 0 Å². The van der Waals surface area contributed by atoms with Crippen molar-refractivity contribution in [3.05, 3.63) is 20.8 Å². The van der Waals surface area contributed by atoms with Crippen molar-refractivity contribution in [3.8, 4) is 0 Å². The zero-order valence-electron chi connectivity index (χ0n) is 10.4. The first kappa shape index (κ1) is 14.2. The highest BCUT2D eigenvalue weighted by molar-refractivity contribution is 7.13. The average molecular weight is 306 g/mol. The van der Waals surface area contributed by atoms with E-state index in [0.29, 0.717) is 15.8 Å². The van der Waals surface area contributed by atoms with Gasteiger partial charge in [0.15, 0.2) is 0 Å². The monoisotopic (exact) mass is 305 g/mol. The topological polar surface area (TPSA) is 29.1 Å². The summed E-state index contributed by atoms with van der Waals surface area (Å²) in [6.07, 6.45) is 5.41. The van der Waals surface area contributed by atoms with Crippen molar-refractivity contribution in [2.24, 2.45) is 0 Å². The lowest BCUT2D eigenvalue weighted by Gasteiger charge is -2.36. The number of alkyl halides is 1. The van der Waals surface area contributed by atoms with Gasteiger partial charge in [-0.15, -0.1) is 22.9 Å². The minimum Gasteiger partial charge on any atom is -0.345 e.